The minimum Gasteiger partial charge on any atom is -0.370 e. The third kappa shape index (κ3) is 3.78. The molecule has 0 bridgehead atoms. The van der Waals surface area contributed by atoms with Gasteiger partial charge in [0.05, 0.1) is 0 Å². The van der Waals surface area contributed by atoms with Crippen molar-refractivity contribution in [2.24, 2.45) is 0 Å². The third-order valence-electron chi connectivity index (χ3n) is 5.11. The Morgan fingerprint density at radius 3 is 2.82 bits per heavy atom. The van der Waals surface area contributed by atoms with Crippen molar-refractivity contribution in [2.45, 2.75) is 63.5 Å². The Morgan fingerprint density at radius 1 is 1.18 bits per heavy atom. The fourth-order valence-corrected chi connectivity index (χ4v) is 4.01. The zero-order chi connectivity index (χ0) is 15.2. The van der Waals surface area contributed by atoms with Crippen LogP contribution >= 0.6 is 0 Å². The molecule has 1 atom stereocenters. The first-order valence-electron chi connectivity index (χ1n) is 8.73. The molecule has 1 N–H and O–H groups in total. The molecule has 2 fully saturated rings. The van der Waals surface area contributed by atoms with Crippen molar-refractivity contribution in [3.8, 4) is 6.07 Å². The van der Waals surface area contributed by atoms with Crippen LogP contribution in [0.15, 0.2) is 18.2 Å². The molecule has 1 aromatic heterocycles. The number of nitriles is 1. The van der Waals surface area contributed by atoms with Gasteiger partial charge in [-0.2, -0.15) is 5.26 Å². The van der Waals surface area contributed by atoms with Crippen molar-refractivity contribution in [3.05, 3.63) is 23.9 Å². The van der Waals surface area contributed by atoms with Crippen molar-refractivity contribution < 1.29 is 0 Å². The molecule has 1 aliphatic carbocycles. The number of aromatic nitrogens is 1. The second-order valence-electron chi connectivity index (χ2n) is 6.56. The van der Waals surface area contributed by atoms with Gasteiger partial charge in [0.1, 0.15) is 17.6 Å². The molecule has 1 aliphatic heterocycles. The van der Waals surface area contributed by atoms with Crippen LogP contribution in [-0.2, 0) is 0 Å². The van der Waals surface area contributed by atoms with Crippen LogP contribution in [0, 0.1) is 11.3 Å². The minimum atomic E-state index is 0.482. The highest BCUT2D eigenvalue weighted by atomic mass is 15.2. The van der Waals surface area contributed by atoms with Crippen LogP contribution in [0.25, 0.3) is 0 Å². The lowest BCUT2D eigenvalue weighted by Crippen LogP contribution is -2.45. The van der Waals surface area contributed by atoms with E-state index in [4.69, 9.17) is 5.26 Å². The summed E-state index contributed by atoms with van der Waals surface area (Å²) in [5, 5.41) is 12.3. The Bertz CT molecular complexity index is 516. The summed E-state index contributed by atoms with van der Waals surface area (Å²) in [6.07, 6.45) is 10.9. The van der Waals surface area contributed by atoms with Gasteiger partial charge in [-0.05, 0) is 50.8 Å². The molecule has 22 heavy (non-hydrogen) atoms. The Hall–Kier alpha value is -1.60. The highest BCUT2D eigenvalue weighted by Crippen LogP contribution is 2.30. The highest BCUT2D eigenvalue weighted by molar-refractivity contribution is 5.38. The number of piperidine rings is 1. The number of nitrogens with one attached hydrogen (secondary N) is 1. The Balaban J connectivity index is 1.51. The fourth-order valence-electron chi connectivity index (χ4n) is 4.01. The quantitative estimate of drug-likeness (QED) is 0.903. The van der Waals surface area contributed by atoms with Crippen LogP contribution in [0.4, 0.5) is 5.82 Å². The van der Waals surface area contributed by atoms with E-state index in [-0.39, 0.29) is 0 Å². The van der Waals surface area contributed by atoms with E-state index in [1.165, 1.54) is 57.9 Å². The second kappa shape index (κ2) is 7.60. The van der Waals surface area contributed by atoms with E-state index in [0.717, 1.165) is 24.4 Å². The molecule has 0 radical (unpaired) electrons. The average molecular weight is 298 g/mol. The van der Waals surface area contributed by atoms with Gasteiger partial charge in [0.15, 0.2) is 0 Å². The maximum absolute atomic E-state index is 8.90. The zero-order valence-corrected chi connectivity index (χ0v) is 13.3. The molecule has 3 rings (SSSR count). The van der Waals surface area contributed by atoms with Gasteiger partial charge in [-0.3, -0.25) is 4.90 Å². The van der Waals surface area contributed by atoms with Gasteiger partial charge in [0.25, 0.3) is 0 Å². The average Bonchev–Trinajstić information content (AvgIpc) is 3.10. The van der Waals surface area contributed by atoms with Gasteiger partial charge in [-0.1, -0.05) is 25.3 Å². The molecule has 4 heteroatoms. The van der Waals surface area contributed by atoms with Crippen LogP contribution in [0.1, 0.15) is 57.1 Å². The molecule has 2 aliphatic rings. The molecule has 1 unspecified atom stereocenters. The van der Waals surface area contributed by atoms with Crippen LogP contribution < -0.4 is 5.32 Å². The molecule has 0 spiro atoms. The molecule has 1 saturated carbocycles. The molecule has 0 amide bonds. The minimum absolute atomic E-state index is 0.482. The van der Waals surface area contributed by atoms with Gasteiger partial charge in [-0.25, -0.2) is 4.98 Å². The van der Waals surface area contributed by atoms with Crippen LogP contribution in [-0.4, -0.2) is 35.1 Å². The highest BCUT2D eigenvalue weighted by Gasteiger charge is 2.30. The molecule has 2 heterocycles. The van der Waals surface area contributed by atoms with Crippen molar-refractivity contribution in [2.75, 3.05) is 18.4 Å². The SMILES string of the molecule is N#Cc1cccc(NCCC2CCCCN2C2CCCC2)n1. The van der Waals surface area contributed by atoms with Gasteiger partial charge in [0, 0.05) is 18.6 Å². The van der Waals surface area contributed by atoms with Crippen LogP contribution in [0.3, 0.4) is 0 Å². The molecule has 0 aromatic carbocycles. The molecular weight excluding hydrogens is 272 g/mol. The molecular formula is C18H26N4. The standard InChI is InChI=1S/C18H26N4/c19-14-15-6-5-10-18(21-15)20-12-11-17-9-3-4-13-22(17)16-7-1-2-8-16/h5-6,10,16-17H,1-4,7-9,11-13H2,(H,20,21). The smallest absolute Gasteiger partial charge is 0.142 e. The summed E-state index contributed by atoms with van der Waals surface area (Å²) < 4.78 is 0. The van der Waals surface area contributed by atoms with Crippen molar-refractivity contribution in [1.29, 1.82) is 5.26 Å². The predicted molar refractivity (Wildman–Crippen MR) is 88.7 cm³/mol. The first kappa shape index (κ1) is 15.3. The Morgan fingerprint density at radius 2 is 2.00 bits per heavy atom. The van der Waals surface area contributed by atoms with E-state index in [1.807, 2.05) is 12.1 Å². The largest absolute Gasteiger partial charge is 0.370 e. The predicted octanol–water partition coefficient (Wildman–Crippen LogP) is 3.55. The summed E-state index contributed by atoms with van der Waals surface area (Å²) in [7, 11) is 0. The lowest BCUT2D eigenvalue weighted by atomic mass is 9.96. The maximum atomic E-state index is 8.90. The van der Waals surface area contributed by atoms with Crippen molar-refractivity contribution >= 4 is 5.82 Å². The van der Waals surface area contributed by atoms with E-state index in [0.29, 0.717) is 5.69 Å². The van der Waals surface area contributed by atoms with E-state index in [2.05, 4.69) is 21.3 Å². The summed E-state index contributed by atoms with van der Waals surface area (Å²) in [6, 6.07) is 9.23. The van der Waals surface area contributed by atoms with Gasteiger partial charge in [0.2, 0.25) is 0 Å². The number of nitrogens with zero attached hydrogens (tertiary/aromatic N) is 3. The van der Waals surface area contributed by atoms with Crippen molar-refractivity contribution in [1.82, 2.24) is 9.88 Å². The van der Waals surface area contributed by atoms with Crippen molar-refractivity contribution in [3.63, 3.8) is 0 Å². The lowest BCUT2D eigenvalue weighted by Gasteiger charge is -2.40. The molecule has 1 saturated heterocycles. The normalized spacial score (nSPS) is 23.3. The summed E-state index contributed by atoms with van der Waals surface area (Å²) >= 11 is 0. The number of rotatable bonds is 5. The van der Waals surface area contributed by atoms with Crippen LogP contribution in [0.5, 0.6) is 0 Å². The van der Waals surface area contributed by atoms with E-state index >= 15 is 0 Å². The number of likely N-dealkylation sites (tertiary alicyclic amines) is 1. The van der Waals surface area contributed by atoms with Gasteiger partial charge < -0.3 is 5.32 Å². The Labute approximate surface area is 133 Å². The first-order valence-corrected chi connectivity index (χ1v) is 8.73. The maximum Gasteiger partial charge on any atom is 0.142 e. The summed E-state index contributed by atoms with van der Waals surface area (Å²) in [6.45, 7) is 2.23. The number of hydrogen-bond donors (Lipinski definition) is 1. The molecule has 1 aromatic rings. The number of anilines is 1. The van der Waals surface area contributed by atoms with E-state index in [9.17, 15) is 0 Å². The topological polar surface area (TPSA) is 52.0 Å². The lowest BCUT2D eigenvalue weighted by molar-refractivity contribution is 0.0933. The summed E-state index contributed by atoms with van der Waals surface area (Å²) in [5.41, 5.74) is 0.482. The summed E-state index contributed by atoms with van der Waals surface area (Å²) in [5.74, 6) is 0.822. The second-order valence-corrected chi connectivity index (χ2v) is 6.56. The molecule has 4 nitrogen and oxygen atoms in total. The zero-order valence-electron chi connectivity index (χ0n) is 13.3. The Kier molecular flexibility index (Phi) is 5.29. The monoisotopic (exact) mass is 298 g/mol. The van der Waals surface area contributed by atoms with Crippen LogP contribution in [0.2, 0.25) is 0 Å². The van der Waals surface area contributed by atoms with Gasteiger partial charge >= 0.3 is 0 Å². The van der Waals surface area contributed by atoms with Gasteiger partial charge in [-0.15, -0.1) is 0 Å². The number of hydrogen-bond acceptors (Lipinski definition) is 4. The summed E-state index contributed by atoms with van der Waals surface area (Å²) in [4.78, 5) is 7.07. The molecule has 118 valence electrons. The number of pyridine rings is 1. The van der Waals surface area contributed by atoms with E-state index < -0.39 is 0 Å². The van der Waals surface area contributed by atoms with E-state index in [1.54, 1.807) is 6.07 Å². The third-order valence-corrected chi connectivity index (χ3v) is 5.11. The fraction of sp³-hybridized carbons (Fsp3) is 0.667. The first-order chi connectivity index (χ1) is 10.9.